The molecule has 3 aromatic rings. The second kappa shape index (κ2) is 10.5. The number of aliphatic imine (C=N–C) groups is 1. The molecular weight excluding hydrogens is 409 g/mol. The van der Waals surface area contributed by atoms with E-state index in [9.17, 15) is 13.2 Å². The highest BCUT2D eigenvalue weighted by Crippen LogP contribution is 2.17. The molecule has 0 radical (unpaired) electrons. The van der Waals surface area contributed by atoms with Gasteiger partial charge in [-0.25, -0.2) is 9.67 Å². The van der Waals surface area contributed by atoms with Crippen molar-refractivity contribution in [2.45, 2.75) is 19.1 Å². The molecule has 2 aromatic heterocycles. The number of aromatic nitrogens is 3. The van der Waals surface area contributed by atoms with E-state index in [1.165, 1.54) is 17.8 Å². The summed E-state index contributed by atoms with van der Waals surface area (Å²) in [6.07, 6.45) is 1.43. The molecule has 0 aliphatic carbocycles. The number of hydrogen-bond donors (Lipinski definition) is 2. The summed E-state index contributed by atoms with van der Waals surface area (Å²) in [5, 5.41) is 10.5. The van der Waals surface area contributed by atoms with Gasteiger partial charge < -0.3 is 15.4 Å². The van der Waals surface area contributed by atoms with Crippen molar-refractivity contribution in [2.75, 3.05) is 20.2 Å². The van der Waals surface area contributed by atoms with Gasteiger partial charge in [0, 0.05) is 44.8 Å². The Balaban J connectivity index is 1.44. The molecule has 0 unspecified atom stereocenters. The van der Waals surface area contributed by atoms with Crippen LogP contribution in [0.3, 0.4) is 0 Å². The van der Waals surface area contributed by atoms with Crippen molar-refractivity contribution in [3.8, 4) is 11.6 Å². The molecule has 2 heterocycles. The Hall–Kier alpha value is -3.56. The molecule has 0 bridgehead atoms. The van der Waals surface area contributed by atoms with Gasteiger partial charge in [-0.15, -0.1) is 0 Å². The summed E-state index contributed by atoms with van der Waals surface area (Å²) in [6, 6.07) is 13.2. The fourth-order valence-corrected chi connectivity index (χ4v) is 2.76. The molecule has 7 nitrogen and oxygen atoms in total. The normalized spacial score (nSPS) is 11.9. The van der Waals surface area contributed by atoms with Crippen LogP contribution in [0.4, 0.5) is 13.2 Å². The van der Waals surface area contributed by atoms with Crippen molar-refractivity contribution in [2.24, 2.45) is 4.99 Å². The summed E-state index contributed by atoms with van der Waals surface area (Å²) in [5.74, 6) is 0.515. The molecule has 0 fully saturated rings. The van der Waals surface area contributed by atoms with Gasteiger partial charge in [0.05, 0.1) is 5.69 Å². The van der Waals surface area contributed by atoms with Crippen LogP contribution >= 0.6 is 0 Å². The largest absolute Gasteiger partial charge is 0.468 e. The molecule has 0 atom stereocenters. The van der Waals surface area contributed by atoms with Crippen LogP contribution < -0.4 is 15.4 Å². The van der Waals surface area contributed by atoms with Gasteiger partial charge in [0.2, 0.25) is 5.88 Å². The van der Waals surface area contributed by atoms with Gasteiger partial charge in [-0.2, -0.15) is 18.3 Å². The van der Waals surface area contributed by atoms with E-state index in [4.69, 9.17) is 0 Å². The molecule has 164 valence electrons. The van der Waals surface area contributed by atoms with Crippen molar-refractivity contribution >= 4 is 5.96 Å². The van der Waals surface area contributed by atoms with E-state index < -0.39 is 12.8 Å². The van der Waals surface area contributed by atoms with E-state index >= 15 is 0 Å². The average Bonchev–Trinajstić information content (AvgIpc) is 3.30. The monoisotopic (exact) mass is 432 g/mol. The first kappa shape index (κ1) is 22.1. The lowest BCUT2D eigenvalue weighted by atomic mass is 10.1. The minimum absolute atomic E-state index is 0.0712. The van der Waals surface area contributed by atoms with Crippen molar-refractivity contribution < 1.29 is 17.9 Å². The average molecular weight is 432 g/mol. The van der Waals surface area contributed by atoms with Crippen LogP contribution in [0.5, 0.6) is 5.88 Å². The van der Waals surface area contributed by atoms with E-state index in [0.717, 1.165) is 17.7 Å². The molecule has 10 heteroatoms. The van der Waals surface area contributed by atoms with Gasteiger partial charge in [-0.05, 0) is 41.8 Å². The predicted molar refractivity (Wildman–Crippen MR) is 111 cm³/mol. The quantitative estimate of drug-likeness (QED) is 0.423. The zero-order valence-corrected chi connectivity index (χ0v) is 16.9. The molecule has 2 N–H and O–H groups in total. The molecular formula is C21H23F3N6O. The lowest BCUT2D eigenvalue weighted by Crippen LogP contribution is -2.37. The summed E-state index contributed by atoms with van der Waals surface area (Å²) in [7, 11) is 1.65. The summed E-state index contributed by atoms with van der Waals surface area (Å²) in [6.45, 7) is -0.344. The maximum absolute atomic E-state index is 12.3. The third-order valence-corrected chi connectivity index (χ3v) is 4.28. The number of hydrogen-bond acceptors (Lipinski definition) is 4. The Morgan fingerprint density at radius 1 is 1.10 bits per heavy atom. The standard InChI is InChI=1S/C21H23F3N6O/c1-25-20(28-14-17-8-10-26-19(13-17)31-15-21(22,23)24)27-11-7-16-3-5-18(6-4-16)30-12-2-9-29-30/h2-6,8-10,12-13H,7,11,14-15H2,1H3,(H2,25,27,28). The van der Waals surface area contributed by atoms with Gasteiger partial charge in [0.15, 0.2) is 12.6 Å². The zero-order chi connectivity index (χ0) is 22.1. The van der Waals surface area contributed by atoms with E-state index in [1.807, 2.05) is 36.5 Å². The maximum atomic E-state index is 12.3. The number of nitrogens with one attached hydrogen (secondary N) is 2. The lowest BCUT2D eigenvalue weighted by Gasteiger charge is -2.13. The van der Waals surface area contributed by atoms with E-state index in [1.54, 1.807) is 24.0 Å². The SMILES string of the molecule is CN=C(NCCc1ccc(-n2cccn2)cc1)NCc1ccnc(OCC(F)(F)F)c1. The van der Waals surface area contributed by atoms with Crippen molar-refractivity contribution in [1.82, 2.24) is 25.4 Å². The summed E-state index contributed by atoms with van der Waals surface area (Å²) in [4.78, 5) is 7.95. The minimum Gasteiger partial charge on any atom is -0.468 e. The minimum atomic E-state index is -4.40. The number of halogens is 3. The van der Waals surface area contributed by atoms with Crippen LogP contribution in [0.15, 0.2) is 66.0 Å². The van der Waals surface area contributed by atoms with Crippen molar-refractivity contribution in [1.29, 1.82) is 0 Å². The fourth-order valence-electron chi connectivity index (χ4n) is 2.76. The number of rotatable bonds is 8. The van der Waals surface area contributed by atoms with Crippen molar-refractivity contribution in [3.05, 3.63) is 72.2 Å². The van der Waals surface area contributed by atoms with Crippen molar-refractivity contribution in [3.63, 3.8) is 0 Å². The molecule has 0 aliphatic rings. The highest BCUT2D eigenvalue weighted by molar-refractivity contribution is 5.79. The third-order valence-electron chi connectivity index (χ3n) is 4.28. The molecule has 0 spiro atoms. The van der Waals surface area contributed by atoms with Gasteiger partial charge in [0.1, 0.15) is 0 Å². The Kier molecular flexibility index (Phi) is 7.47. The topological polar surface area (TPSA) is 76.4 Å². The highest BCUT2D eigenvalue weighted by Gasteiger charge is 2.28. The fraction of sp³-hybridized carbons (Fsp3) is 0.286. The van der Waals surface area contributed by atoms with Gasteiger partial charge in [-0.3, -0.25) is 4.99 Å². The number of pyridine rings is 1. The van der Waals surface area contributed by atoms with Crippen LogP contribution in [-0.4, -0.2) is 47.1 Å². The Morgan fingerprint density at radius 3 is 2.58 bits per heavy atom. The van der Waals surface area contributed by atoms with Crippen LogP contribution in [-0.2, 0) is 13.0 Å². The molecule has 0 saturated heterocycles. The summed E-state index contributed by atoms with van der Waals surface area (Å²) in [5.41, 5.74) is 2.89. The summed E-state index contributed by atoms with van der Waals surface area (Å²) < 4.78 is 43.3. The second-order valence-electron chi connectivity index (χ2n) is 6.63. The van der Waals surface area contributed by atoms with E-state index in [-0.39, 0.29) is 5.88 Å². The molecule has 31 heavy (non-hydrogen) atoms. The van der Waals surface area contributed by atoms with Gasteiger partial charge in [0.25, 0.3) is 0 Å². The molecule has 1 aromatic carbocycles. The number of ether oxygens (including phenoxy) is 1. The Bertz CT molecular complexity index is 972. The first-order valence-corrected chi connectivity index (χ1v) is 9.61. The maximum Gasteiger partial charge on any atom is 0.422 e. The smallest absolute Gasteiger partial charge is 0.422 e. The number of alkyl halides is 3. The number of guanidine groups is 1. The van der Waals surface area contributed by atoms with E-state index in [0.29, 0.717) is 19.0 Å². The second-order valence-corrected chi connectivity index (χ2v) is 6.63. The zero-order valence-electron chi connectivity index (χ0n) is 16.9. The first-order valence-electron chi connectivity index (χ1n) is 9.61. The summed E-state index contributed by atoms with van der Waals surface area (Å²) >= 11 is 0. The van der Waals surface area contributed by atoms with Gasteiger partial charge in [-0.1, -0.05) is 12.1 Å². The number of nitrogens with zero attached hydrogens (tertiary/aromatic N) is 4. The van der Waals surface area contributed by atoms with E-state index in [2.05, 4.69) is 30.4 Å². The lowest BCUT2D eigenvalue weighted by molar-refractivity contribution is -0.154. The molecule has 0 saturated carbocycles. The Labute approximate surface area is 178 Å². The van der Waals surface area contributed by atoms with Crippen LogP contribution in [0.25, 0.3) is 5.69 Å². The van der Waals surface area contributed by atoms with Crippen LogP contribution in [0.1, 0.15) is 11.1 Å². The first-order chi connectivity index (χ1) is 14.9. The van der Waals surface area contributed by atoms with Crippen LogP contribution in [0.2, 0.25) is 0 Å². The van der Waals surface area contributed by atoms with Crippen LogP contribution in [0, 0.1) is 0 Å². The number of benzene rings is 1. The third kappa shape index (κ3) is 7.32. The predicted octanol–water partition coefficient (Wildman–Crippen LogP) is 3.12. The molecule has 0 aliphatic heterocycles. The van der Waals surface area contributed by atoms with Gasteiger partial charge >= 0.3 is 6.18 Å². The Morgan fingerprint density at radius 2 is 1.90 bits per heavy atom. The molecule has 0 amide bonds. The molecule has 3 rings (SSSR count). The highest BCUT2D eigenvalue weighted by atomic mass is 19.4.